The van der Waals surface area contributed by atoms with Crippen LogP contribution in [-0.4, -0.2) is 12.1 Å². The van der Waals surface area contributed by atoms with Crippen LogP contribution in [0.4, 0.5) is 10.5 Å². The Hall–Kier alpha value is -1.03. The first-order valence-electron chi connectivity index (χ1n) is 8.24. The lowest BCUT2D eigenvalue weighted by molar-refractivity contribution is 0.139. The minimum atomic E-state index is -0.106. The number of nitrogens with one attached hydrogen (secondary N) is 2. The molecule has 2 N–H and O–H groups in total. The molecule has 0 spiro atoms. The number of anilines is 1. The summed E-state index contributed by atoms with van der Waals surface area (Å²) in [7, 11) is 0. The van der Waals surface area contributed by atoms with E-state index in [2.05, 4.69) is 47.3 Å². The van der Waals surface area contributed by atoms with Crippen molar-refractivity contribution >= 4 is 27.6 Å². The number of carbonyl (C=O) groups excluding carboxylic acids is 1. The molecule has 0 aliphatic heterocycles. The summed E-state index contributed by atoms with van der Waals surface area (Å²) in [5.74, 6) is 0.780. The van der Waals surface area contributed by atoms with E-state index in [9.17, 15) is 4.79 Å². The molecule has 0 atom stereocenters. The molecule has 1 aromatic rings. The van der Waals surface area contributed by atoms with E-state index in [1.165, 1.54) is 19.3 Å². The molecule has 1 aliphatic carbocycles. The van der Waals surface area contributed by atoms with Crippen LogP contribution in [0.5, 0.6) is 0 Å². The Labute approximate surface area is 142 Å². The number of benzene rings is 1. The van der Waals surface area contributed by atoms with E-state index in [1.54, 1.807) is 0 Å². The van der Waals surface area contributed by atoms with Crippen LogP contribution >= 0.6 is 15.9 Å². The van der Waals surface area contributed by atoms with Gasteiger partial charge in [-0.25, -0.2) is 4.79 Å². The molecular formula is C18H27BrN2O. The zero-order chi connectivity index (χ0) is 16.2. The molecular weight excluding hydrogens is 340 g/mol. The van der Waals surface area contributed by atoms with Gasteiger partial charge >= 0.3 is 6.03 Å². The van der Waals surface area contributed by atoms with Crippen molar-refractivity contribution in [2.45, 2.75) is 58.9 Å². The minimum Gasteiger partial charge on any atom is -0.335 e. The van der Waals surface area contributed by atoms with Crippen LogP contribution in [0.1, 0.15) is 52.9 Å². The molecule has 1 saturated carbocycles. The molecule has 122 valence electrons. The largest absolute Gasteiger partial charge is 0.335 e. The van der Waals surface area contributed by atoms with E-state index in [4.69, 9.17) is 0 Å². The molecule has 2 rings (SSSR count). The highest BCUT2D eigenvalue weighted by Gasteiger charge is 2.32. The predicted octanol–water partition coefficient (Wildman–Crippen LogP) is 5.57. The molecule has 0 aromatic heterocycles. The lowest BCUT2D eigenvalue weighted by Crippen LogP contribution is -2.41. The quantitative estimate of drug-likeness (QED) is 0.718. The van der Waals surface area contributed by atoms with Crippen LogP contribution in [0.25, 0.3) is 0 Å². The Morgan fingerprint density at radius 3 is 2.45 bits per heavy atom. The zero-order valence-electron chi connectivity index (χ0n) is 13.8. The summed E-state index contributed by atoms with van der Waals surface area (Å²) in [4.78, 5) is 12.1. The van der Waals surface area contributed by atoms with Gasteiger partial charge in [-0.05, 0) is 65.1 Å². The molecule has 0 bridgehead atoms. The van der Waals surface area contributed by atoms with E-state index >= 15 is 0 Å². The van der Waals surface area contributed by atoms with Gasteiger partial charge in [0, 0.05) is 10.5 Å². The van der Waals surface area contributed by atoms with E-state index < -0.39 is 0 Å². The van der Waals surface area contributed by atoms with Gasteiger partial charge in [-0.3, -0.25) is 0 Å². The summed E-state index contributed by atoms with van der Waals surface area (Å²) in [5.41, 5.74) is 1.23. The smallest absolute Gasteiger partial charge is 0.319 e. The number of amides is 2. The van der Waals surface area contributed by atoms with Crippen LogP contribution < -0.4 is 10.6 Å². The SMILES string of the molecule is CCC(C)(C)C1CCC(NC(=O)Nc2ccccc2Br)CC1. The van der Waals surface area contributed by atoms with Crippen LogP contribution in [0.2, 0.25) is 0 Å². The third-order valence-electron chi connectivity index (χ3n) is 5.20. The Morgan fingerprint density at radius 2 is 1.86 bits per heavy atom. The maximum Gasteiger partial charge on any atom is 0.319 e. The van der Waals surface area contributed by atoms with Crippen molar-refractivity contribution in [3.8, 4) is 0 Å². The first-order valence-corrected chi connectivity index (χ1v) is 9.03. The van der Waals surface area contributed by atoms with Crippen molar-refractivity contribution in [2.75, 3.05) is 5.32 Å². The highest BCUT2D eigenvalue weighted by molar-refractivity contribution is 9.10. The third kappa shape index (κ3) is 4.48. The molecule has 1 aromatic carbocycles. The summed E-state index contributed by atoms with van der Waals surface area (Å²) in [5, 5.41) is 6.03. The Kier molecular flexibility index (Phi) is 5.90. The van der Waals surface area contributed by atoms with E-state index in [-0.39, 0.29) is 6.03 Å². The first-order chi connectivity index (χ1) is 10.4. The molecule has 1 fully saturated rings. The number of para-hydroxylation sites is 1. The average molecular weight is 367 g/mol. The van der Waals surface area contributed by atoms with Crippen LogP contribution in [0.3, 0.4) is 0 Å². The predicted molar refractivity (Wildman–Crippen MR) is 96.1 cm³/mol. The van der Waals surface area contributed by atoms with Gasteiger partial charge in [0.15, 0.2) is 0 Å². The van der Waals surface area contributed by atoms with E-state index in [0.717, 1.165) is 28.9 Å². The van der Waals surface area contributed by atoms with Gasteiger partial charge in [0.1, 0.15) is 0 Å². The maximum atomic E-state index is 12.1. The number of hydrogen-bond donors (Lipinski definition) is 2. The molecule has 0 heterocycles. The highest BCUT2D eigenvalue weighted by Crippen LogP contribution is 2.40. The lowest BCUT2D eigenvalue weighted by Gasteiger charge is -2.39. The molecule has 4 heteroatoms. The summed E-state index contributed by atoms with van der Waals surface area (Å²) in [6.45, 7) is 7.01. The van der Waals surface area contributed by atoms with Crippen LogP contribution in [0.15, 0.2) is 28.7 Å². The zero-order valence-corrected chi connectivity index (χ0v) is 15.4. The van der Waals surface area contributed by atoms with Gasteiger partial charge < -0.3 is 10.6 Å². The van der Waals surface area contributed by atoms with Gasteiger partial charge in [-0.2, -0.15) is 0 Å². The van der Waals surface area contributed by atoms with Gasteiger partial charge in [-0.15, -0.1) is 0 Å². The van der Waals surface area contributed by atoms with E-state index in [1.807, 2.05) is 24.3 Å². The van der Waals surface area contributed by atoms with Crippen molar-refractivity contribution in [2.24, 2.45) is 11.3 Å². The molecule has 2 amide bonds. The summed E-state index contributed by atoms with van der Waals surface area (Å²) in [6, 6.07) is 7.86. The summed E-state index contributed by atoms with van der Waals surface area (Å²) >= 11 is 3.45. The normalized spacial score (nSPS) is 22.2. The third-order valence-corrected chi connectivity index (χ3v) is 5.89. The highest BCUT2D eigenvalue weighted by atomic mass is 79.9. The fraction of sp³-hybridized carbons (Fsp3) is 0.611. The lowest BCUT2D eigenvalue weighted by atomic mass is 9.69. The van der Waals surface area contributed by atoms with E-state index in [0.29, 0.717) is 11.5 Å². The van der Waals surface area contributed by atoms with Crippen molar-refractivity contribution in [1.29, 1.82) is 0 Å². The molecule has 0 radical (unpaired) electrons. The second-order valence-corrected chi connectivity index (χ2v) is 7.82. The topological polar surface area (TPSA) is 41.1 Å². The molecule has 1 aliphatic rings. The standard InChI is InChI=1S/C18H27BrN2O/c1-4-18(2,3)13-9-11-14(12-10-13)20-17(22)21-16-8-6-5-7-15(16)19/h5-8,13-14H,4,9-12H2,1-3H3,(H2,20,21,22). The monoisotopic (exact) mass is 366 g/mol. The first kappa shape index (κ1) is 17.3. The van der Waals surface area contributed by atoms with Crippen molar-refractivity contribution in [3.05, 3.63) is 28.7 Å². The second kappa shape index (κ2) is 7.49. The van der Waals surface area contributed by atoms with Gasteiger partial charge in [0.2, 0.25) is 0 Å². The molecule has 0 saturated heterocycles. The molecule has 22 heavy (non-hydrogen) atoms. The minimum absolute atomic E-state index is 0.106. The van der Waals surface area contributed by atoms with Gasteiger partial charge in [0.25, 0.3) is 0 Å². The number of carbonyl (C=O) groups is 1. The van der Waals surface area contributed by atoms with Crippen molar-refractivity contribution in [3.63, 3.8) is 0 Å². The Bertz CT molecular complexity index is 508. The van der Waals surface area contributed by atoms with Crippen molar-refractivity contribution < 1.29 is 4.79 Å². The number of halogens is 1. The average Bonchev–Trinajstić information content (AvgIpc) is 2.50. The van der Waals surface area contributed by atoms with Gasteiger partial charge in [-0.1, -0.05) is 39.3 Å². The molecule has 3 nitrogen and oxygen atoms in total. The number of hydrogen-bond acceptors (Lipinski definition) is 1. The number of urea groups is 1. The van der Waals surface area contributed by atoms with Crippen LogP contribution in [0, 0.1) is 11.3 Å². The maximum absolute atomic E-state index is 12.1. The summed E-state index contributed by atoms with van der Waals surface area (Å²) in [6.07, 6.45) is 5.80. The van der Waals surface area contributed by atoms with Gasteiger partial charge in [0.05, 0.1) is 5.69 Å². The summed E-state index contributed by atoms with van der Waals surface area (Å²) < 4.78 is 0.901. The molecule has 0 unspecified atom stereocenters. The van der Waals surface area contributed by atoms with Crippen LogP contribution in [-0.2, 0) is 0 Å². The fourth-order valence-corrected chi connectivity index (χ4v) is 3.60. The Morgan fingerprint density at radius 1 is 1.23 bits per heavy atom. The fourth-order valence-electron chi connectivity index (χ4n) is 3.21. The second-order valence-electron chi connectivity index (χ2n) is 6.97. The Balaban J connectivity index is 1.81. The van der Waals surface area contributed by atoms with Crippen molar-refractivity contribution in [1.82, 2.24) is 5.32 Å². The number of rotatable bonds is 4.